The number of rotatable bonds is 11. The highest BCUT2D eigenvalue weighted by atomic mass is 16.5. The summed E-state index contributed by atoms with van der Waals surface area (Å²) in [5, 5.41) is 2.97. The molecule has 2 rings (SSSR count). The highest BCUT2D eigenvalue weighted by molar-refractivity contribution is 5.47. The third kappa shape index (κ3) is 5.13. The molecule has 0 radical (unpaired) electrons. The highest BCUT2D eigenvalue weighted by Crippen LogP contribution is 2.33. The van der Waals surface area contributed by atoms with Crippen molar-refractivity contribution in [2.75, 3.05) is 27.4 Å². The zero-order valence-corrected chi connectivity index (χ0v) is 14.0. The Hall–Kier alpha value is -1.75. The van der Waals surface area contributed by atoms with Crippen molar-refractivity contribution < 1.29 is 19.0 Å². The van der Waals surface area contributed by atoms with E-state index in [1.54, 1.807) is 14.2 Å². The molecule has 1 aliphatic carbocycles. The third-order valence-corrected chi connectivity index (χ3v) is 4.44. The molecule has 0 saturated heterocycles. The van der Waals surface area contributed by atoms with Crippen LogP contribution < -0.4 is 14.8 Å². The largest absolute Gasteiger partial charge is 0.493 e. The number of carbonyl (C=O) groups excluding carboxylic acids is 1. The van der Waals surface area contributed by atoms with E-state index in [1.165, 1.54) is 19.3 Å². The van der Waals surface area contributed by atoms with Crippen LogP contribution in [0.5, 0.6) is 11.5 Å². The standard InChI is InChI=1S/C18H27NO4/c1-21-9-4-10-23-18-12-14(7-8-17(18)22-2)11-16(19-13-20)15-5-3-6-15/h7-8,12-13,15-16H,3-6,9-11H2,1-2H3,(H,19,20)/t16-/m0/s1. The van der Waals surface area contributed by atoms with Gasteiger partial charge in [-0.1, -0.05) is 12.5 Å². The summed E-state index contributed by atoms with van der Waals surface area (Å²) >= 11 is 0. The average Bonchev–Trinajstić information content (AvgIpc) is 2.50. The Bertz CT molecular complexity index is 488. The zero-order valence-electron chi connectivity index (χ0n) is 14.0. The van der Waals surface area contributed by atoms with E-state index in [-0.39, 0.29) is 6.04 Å². The van der Waals surface area contributed by atoms with Crippen LogP contribution in [0.15, 0.2) is 18.2 Å². The zero-order chi connectivity index (χ0) is 16.5. The summed E-state index contributed by atoms with van der Waals surface area (Å²) in [7, 11) is 3.32. The lowest BCUT2D eigenvalue weighted by Crippen LogP contribution is -2.40. The number of nitrogens with one attached hydrogen (secondary N) is 1. The molecule has 0 aliphatic heterocycles. The second kappa shape index (κ2) is 9.40. The fourth-order valence-electron chi connectivity index (χ4n) is 2.89. The van der Waals surface area contributed by atoms with Crippen LogP contribution in [0.4, 0.5) is 0 Å². The molecule has 5 nitrogen and oxygen atoms in total. The Morgan fingerprint density at radius 2 is 2.09 bits per heavy atom. The van der Waals surface area contributed by atoms with E-state index in [9.17, 15) is 4.79 Å². The number of benzene rings is 1. The molecular formula is C18H27NO4. The molecular weight excluding hydrogens is 294 g/mol. The van der Waals surface area contributed by atoms with Gasteiger partial charge in [0.25, 0.3) is 0 Å². The van der Waals surface area contributed by atoms with E-state index >= 15 is 0 Å². The van der Waals surface area contributed by atoms with Crippen LogP contribution in [0.3, 0.4) is 0 Å². The van der Waals surface area contributed by atoms with Gasteiger partial charge in [-0.2, -0.15) is 0 Å². The molecule has 5 heteroatoms. The average molecular weight is 321 g/mol. The van der Waals surface area contributed by atoms with Crippen LogP contribution in [0, 0.1) is 5.92 Å². The molecule has 1 aromatic carbocycles. The van der Waals surface area contributed by atoms with Gasteiger partial charge in [0.05, 0.1) is 13.7 Å². The second-order valence-electron chi connectivity index (χ2n) is 5.97. The van der Waals surface area contributed by atoms with Crippen molar-refractivity contribution in [3.63, 3.8) is 0 Å². The minimum absolute atomic E-state index is 0.205. The molecule has 1 fully saturated rings. The van der Waals surface area contributed by atoms with E-state index in [0.29, 0.717) is 19.1 Å². The van der Waals surface area contributed by atoms with Gasteiger partial charge in [0.1, 0.15) is 0 Å². The molecule has 1 atom stereocenters. The Balaban J connectivity index is 2.01. The quantitative estimate of drug-likeness (QED) is 0.503. The Kier molecular flexibility index (Phi) is 7.20. The molecule has 128 valence electrons. The second-order valence-corrected chi connectivity index (χ2v) is 5.97. The molecule has 0 bridgehead atoms. The summed E-state index contributed by atoms with van der Waals surface area (Å²) in [6.45, 7) is 1.27. The van der Waals surface area contributed by atoms with Crippen LogP contribution in [-0.2, 0) is 16.0 Å². The number of hydrogen-bond acceptors (Lipinski definition) is 4. The first-order valence-electron chi connectivity index (χ1n) is 8.26. The molecule has 0 heterocycles. The third-order valence-electron chi connectivity index (χ3n) is 4.44. The number of amides is 1. The molecule has 1 aliphatic rings. The monoisotopic (exact) mass is 321 g/mol. The first-order valence-corrected chi connectivity index (χ1v) is 8.26. The van der Waals surface area contributed by atoms with Crippen molar-refractivity contribution in [1.82, 2.24) is 5.32 Å². The first-order chi connectivity index (χ1) is 11.3. The summed E-state index contributed by atoms with van der Waals surface area (Å²) in [5.74, 6) is 2.07. The summed E-state index contributed by atoms with van der Waals surface area (Å²) in [5.41, 5.74) is 1.15. The van der Waals surface area contributed by atoms with E-state index in [4.69, 9.17) is 14.2 Å². The van der Waals surface area contributed by atoms with Crippen molar-refractivity contribution in [3.05, 3.63) is 23.8 Å². The predicted molar refractivity (Wildman–Crippen MR) is 89.0 cm³/mol. The van der Waals surface area contributed by atoms with Gasteiger partial charge in [0, 0.05) is 26.2 Å². The molecule has 1 aromatic rings. The van der Waals surface area contributed by atoms with Gasteiger partial charge in [-0.3, -0.25) is 4.79 Å². The fourth-order valence-corrected chi connectivity index (χ4v) is 2.89. The topological polar surface area (TPSA) is 56.8 Å². The van der Waals surface area contributed by atoms with Crippen molar-refractivity contribution in [3.8, 4) is 11.5 Å². The summed E-state index contributed by atoms with van der Waals surface area (Å²) in [6, 6.07) is 6.19. The van der Waals surface area contributed by atoms with Crippen LogP contribution in [-0.4, -0.2) is 39.9 Å². The Labute approximate surface area is 138 Å². The SMILES string of the molecule is COCCCOc1cc(C[C@H](NC=O)C2CCC2)ccc1OC. The molecule has 23 heavy (non-hydrogen) atoms. The lowest BCUT2D eigenvalue weighted by Gasteiger charge is -2.33. The molecule has 1 N–H and O–H groups in total. The van der Waals surface area contributed by atoms with E-state index < -0.39 is 0 Å². The predicted octanol–water partition coefficient (Wildman–Crippen LogP) is 2.57. The van der Waals surface area contributed by atoms with Crippen molar-refractivity contribution >= 4 is 6.41 Å². The van der Waals surface area contributed by atoms with E-state index in [1.807, 2.05) is 18.2 Å². The number of hydrogen-bond donors (Lipinski definition) is 1. The summed E-state index contributed by atoms with van der Waals surface area (Å²) in [4.78, 5) is 10.9. The first kappa shape index (κ1) is 17.6. The fraction of sp³-hybridized carbons (Fsp3) is 0.611. The summed E-state index contributed by atoms with van der Waals surface area (Å²) < 4.78 is 16.2. The maximum Gasteiger partial charge on any atom is 0.207 e. The van der Waals surface area contributed by atoms with Crippen molar-refractivity contribution in [1.29, 1.82) is 0 Å². The highest BCUT2D eigenvalue weighted by Gasteiger charge is 2.27. The van der Waals surface area contributed by atoms with E-state index in [2.05, 4.69) is 5.32 Å². The minimum atomic E-state index is 0.205. The van der Waals surface area contributed by atoms with Gasteiger partial charge in [-0.25, -0.2) is 0 Å². The van der Waals surface area contributed by atoms with Crippen LogP contribution >= 0.6 is 0 Å². The van der Waals surface area contributed by atoms with Crippen molar-refractivity contribution in [2.24, 2.45) is 5.92 Å². The smallest absolute Gasteiger partial charge is 0.207 e. The lowest BCUT2D eigenvalue weighted by atomic mass is 9.77. The van der Waals surface area contributed by atoms with Crippen molar-refractivity contribution in [2.45, 2.75) is 38.1 Å². The number of ether oxygens (including phenoxy) is 3. The van der Waals surface area contributed by atoms with Crippen LogP contribution in [0.2, 0.25) is 0 Å². The summed E-state index contributed by atoms with van der Waals surface area (Å²) in [6.07, 6.45) is 6.13. The van der Waals surface area contributed by atoms with Gasteiger partial charge in [-0.15, -0.1) is 0 Å². The normalized spacial score (nSPS) is 15.6. The number of carbonyl (C=O) groups is 1. The molecule has 0 unspecified atom stereocenters. The van der Waals surface area contributed by atoms with Gasteiger partial charge in [-0.05, 0) is 42.9 Å². The number of methoxy groups -OCH3 is 2. The maximum atomic E-state index is 10.9. The molecule has 1 saturated carbocycles. The molecule has 0 aromatic heterocycles. The Morgan fingerprint density at radius 1 is 1.26 bits per heavy atom. The van der Waals surface area contributed by atoms with Gasteiger partial charge >= 0.3 is 0 Å². The minimum Gasteiger partial charge on any atom is -0.493 e. The van der Waals surface area contributed by atoms with Gasteiger partial charge < -0.3 is 19.5 Å². The lowest BCUT2D eigenvalue weighted by molar-refractivity contribution is -0.110. The Morgan fingerprint density at radius 3 is 2.70 bits per heavy atom. The molecule has 1 amide bonds. The van der Waals surface area contributed by atoms with Crippen LogP contribution in [0.1, 0.15) is 31.2 Å². The van der Waals surface area contributed by atoms with Crippen LogP contribution in [0.25, 0.3) is 0 Å². The van der Waals surface area contributed by atoms with Gasteiger partial charge in [0.2, 0.25) is 6.41 Å². The van der Waals surface area contributed by atoms with E-state index in [0.717, 1.165) is 36.3 Å². The van der Waals surface area contributed by atoms with Gasteiger partial charge in [0.15, 0.2) is 11.5 Å². The maximum absolute atomic E-state index is 10.9. The molecule has 0 spiro atoms.